The number of aromatic nitrogens is 4. The van der Waals surface area contributed by atoms with Crippen molar-refractivity contribution in [2.24, 2.45) is 5.73 Å². The molecule has 2 rings (SSSR count). The Bertz CT molecular complexity index is 577. The maximum atomic E-state index is 6.37. The molecule has 0 fully saturated rings. The van der Waals surface area contributed by atoms with E-state index < -0.39 is 0 Å². The van der Waals surface area contributed by atoms with E-state index >= 15 is 0 Å². The third-order valence-corrected chi connectivity index (χ3v) is 5.20. The molecule has 0 aliphatic heterocycles. The summed E-state index contributed by atoms with van der Waals surface area (Å²) in [5.74, 6) is 0. The molecule has 1 unspecified atom stereocenters. The van der Waals surface area contributed by atoms with Crippen LogP contribution in [0.2, 0.25) is 0 Å². The van der Waals surface area contributed by atoms with Gasteiger partial charge in [0.2, 0.25) is 0 Å². The molecule has 5 nitrogen and oxygen atoms in total. The Morgan fingerprint density at radius 2 is 2.15 bits per heavy atom. The highest BCUT2D eigenvalue weighted by Crippen LogP contribution is 2.28. The van der Waals surface area contributed by atoms with E-state index in [-0.39, 0.29) is 6.04 Å². The Balaban J connectivity index is 2.23. The lowest BCUT2D eigenvalue weighted by Crippen LogP contribution is -2.17. The Kier molecular flexibility index (Phi) is 5.29. The average molecular weight is 358 g/mol. The molecule has 2 aromatic heterocycles. The molecule has 0 radical (unpaired) electrons. The van der Waals surface area contributed by atoms with Crippen LogP contribution in [0, 0.1) is 6.92 Å². The third-order valence-electron chi connectivity index (χ3n) is 3.27. The fourth-order valence-electron chi connectivity index (χ4n) is 2.27. The van der Waals surface area contributed by atoms with Crippen molar-refractivity contribution in [1.29, 1.82) is 0 Å². The van der Waals surface area contributed by atoms with Gasteiger partial charge in [-0.15, -0.1) is 5.10 Å². The molecule has 2 aromatic rings. The van der Waals surface area contributed by atoms with Gasteiger partial charge in [-0.25, -0.2) is 0 Å². The molecule has 7 heteroatoms. The Labute approximate surface area is 131 Å². The molecule has 2 N–H and O–H groups in total. The average Bonchev–Trinajstić information content (AvgIpc) is 2.99. The van der Waals surface area contributed by atoms with Crippen molar-refractivity contribution in [3.63, 3.8) is 0 Å². The minimum atomic E-state index is -0.0748. The molecule has 2 heterocycles. The summed E-state index contributed by atoms with van der Waals surface area (Å²) in [7, 11) is 0. The van der Waals surface area contributed by atoms with Gasteiger partial charge in [0.15, 0.2) is 0 Å². The predicted molar refractivity (Wildman–Crippen MR) is 84.9 cm³/mol. The summed E-state index contributed by atoms with van der Waals surface area (Å²) in [6.07, 6.45) is 2.74. The van der Waals surface area contributed by atoms with Gasteiger partial charge in [0.1, 0.15) is 0 Å². The van der Waals surface area contributed by atoms with Crippen molar-refractivity contribution >= 4 is 27.5 Å². The minimum absolute atomic E-state index is 0.0748. The number of rotatable bonds is 6. The van der Waals surface area contributed by atoms with Gasteiger partial charge >= 0.3 is 0 Å². The number of nitrogens with zero attached hydrogens (tertiary/aromatic N) is 4. The topological polar surface area (TPSA) is 69.6 Å². The molecule has 0 aliphatic rings. The first-order chi connectivity index (χ1) is 9.58. The zero-order chi connectivity index (χ0) is 14.7. The molecular formula is C13H20BrN5S. The minimum Gasteiger partial charge on any atom is -0.323 e. The molecule has 0 saturated carbocycles. The molecule has 110 valence electrons. The van der Waals surface area contributed by atoms with Crippen molar-refractivity contribution in [2.75, 3.05) is 0 Å². The van der Waals surface area contributed by atoms with Gasteiger partial charge in [-0.1, -0.05) is 17.8 Å². The zero-order valence-corrected chi connectivity index (χ0v) is 14.5. The van der Waals surface area contributed by atoms with Crippen LogP contribution in [0.5, 0.6) is 0 Å². The maximum absolute atomic E-state index is 6.37. The van der Waals surface area contributed by atoms with Gasteiger partial charge in [0, 0.05) is 19.0 Å². The highest BCUT2D eigenvalue weighted by molar-refractivity contribution is 9.10. The molecule has 20 heavy (non-hydrogen) atoms. The molecule has 0 amide bonds. The monoisotopic (exact) mass is 357 g/mol. The van der Waals surface area contributed by atoms with Crippen LogP contribution >= 0.6 is 27.5 Å². The van der Waals surface area contributed by atoms with Crippen molar-refractivity contribution in [2.45, 2.75) is 52.6 Å². The van der Waals surface area contributed by atoms with E-state index in [2.05, 4.69) is 44.5 Å². The molecular weight excluding hydrogens is 338 g/mol. The summed E-state index contributed by atoms with van der Waals surface area (Å²) in [6.45, 7) is 7.07. The summed E-state index contributed by atoms with van der Waals surface area (Å²) < 4.78 is 7.12. The normalized spacial score (nSPS) is 12.8. The van der Waals surface area contributed by atoms with Crippen molar-refractivity contribution < 1.29 is 0 Å². The van der Waals surface area contributed by atoms with Crippen LogP contribution in [0.15, 0.2) is 4.47 Å². The molecule has 0 aromatic carbocycles. The maximum Gasteiger partial charge on any atom is 0.0803 e. The molecule has 0 saturated heterocycles. The first-order valence-corrected chi connectivity index (χ1v) is 8.43. The lowest BCUT2D eigenvalue weighted by Gasteiger charge is -2.12. The van der Waals surface area contributed by atoms with Gasteiger partial charge in [-0.2, -0.15) is 5.10 Å². The lowest BCUT2D eigenvalue weighted by atomic mass is 10.1. The standard InChI is InChI=1S/C13H20BrN5S/c1-4-6-10-13(20-18-16-10)9(15)7-11-12(14)8(3)17-19(11)5-2/h9H,4-7,15H2,1-3H3. The summed E-state index contributed by atoms with van der Waals surface area (Å²) >= 11 is 5.03. The quantitative estimate of drug-likeness (QED) is 0.862. The lowest BCUT2D eigenvalue weighted by molar-refractivity contribution is 0.587. The summed E-state index contributed by atoms with van der Waals surface area (Å²) in [5.41, 5.74) is 9.57. The largest absolute Gasteiger partial charge is 0.323 e. The molecule has 0 aliphatic carbocycles. The van der Waals surface area contributed by atoms with Crippen molar-refractivity contribution in [3.05, 3.63) is 26.4 Å². The van der Waals surface area contributed by atoms with Gasteiger partial charge < -0.3 is 5.73 Å². The van der Waals surface area contributed by atoms with E-state index in [1.54, 1.807) is 0 Å². The van der Waals surface area contributed by atoms with Gasteiger partial charge in [0.05, 0.1) is 26.4 Å². The van der Waals surface area contributed by atoms with Crippen LogP contribution < -0.4 is 5.73 Å². The van der Waals surface area contributed by atoms with Crippen LogP contribution in [-0.2, 0) is 19.4 Å². The van der Waals surface area contributed by atoms with E-state index in [9.17, 15) is 0 Å². The smallest absolute Gasteiger partial charge is 0.0803 e. The van der Waals surface area contributed by atoms with Crippen LogP contribution in [0.3, 0.4) is 0 Å². The predicted octanol–water partition coefficient (Wildman–Crippen LogP) is 3.02. The number of halogens is 1. The highest BCUT2D eigenvalue weighted by atomic mass is 79.9. The van der Waals surface area contributed by atoms with E-state index in [0.29, 0.717) is 0 Å². The fourth-order valence-corrected chi connectivity index (χ4v) is 3.41. The highest BCUT2D eigenvalue weighted by Gasteiger charge is 2.20. The fraction of sp³-hybridized carbons (Fsp3) is 0.615. The number of nitrogens with two attached hydrogens (primary N) is 1. The third kappa shape index (κ3) is 3.10. The van der Waals surface area contributed by atoms with Crippen molar-refractivity contribution in [1.82, 2.24) is 19.4 Å². The van der Waals surface area contributed by atoms with Crippen LogP contribution in [0.1, 0.15) is 48.3 Å². The van der Waals surface area contributed by atoms with E-state index in [1.807, 2.05) is 11.6 Å². The van der Waals surface area contributed by atoms with Gasteiger partial charge in [-0.05, 0) is 47.7 Å². The van der Waals surface area contributed by atoms with E-state index in [4.69, 9.17) is 5.73 Å². The van der Waals surface area contributed by atoms with Crippen molar-refractivity contribution in [3.8, 4) is 0 Å². The molecule has 0 bridgehead atoms. The zero-order valence-electron chi connectivity index (χ0n) is 12.1. The van der Waals surface area contributed by atoms with Gasteiger partial charge in [-0.3, -0.25) is 4.68 Å². The first kappa shape index (κ1) is 15.6. The first-order valence-electron chi connectivity index (χ1n) is 6.86. The van der Waals surface area contributed by atoms with Crippen LogP contribution in [0.25, 0.3) is 0 Å². The number of hydrogen-bond acceptors (Lipinski definition) is 5. The second-order valence-electron chi connectivity index (χ2n) is 4.81. The Morgan fingerprint density at radius 3 is 2.80 bits per heavy atom. The van der Waals surface area contributed by atoms with Crippen LogP contribution in [-0.4, -0.2) is 19.4 Å². The SMILES string of the molecule is CCCc1nnsc1C(N)Cc1c(Br)c(C)nn1CC. The molecule has 1 atom stereocenters. The van der Waals surface area contributed by atoms with Gasteiger partial charge in [0.25, 0.3) is 0 Å². The number of hydrogen-bond donors (Lipinski definition) is 1. The summed E-state index contributed by atoms with van der Waals surface area (Å²) in [5, 5.41) is 8.70. The second kappa shape index (κ2) is 6.78. The Morgan fingerprint density at radius 1 is 1.40 bits per heavy atom. The number of aryl methyl sites for hydroxylation is 3. The summed E-state index contributed by atoms with van der Waals surface area (Å²) in [4.78, 5) is 1.10. The Hall–Kier alpha value is -0.790. The van der Waals surface area contributed by atoms with E-state index in [0.717, 1.165) is 52.2 Å². The second-order valence-corrected chi connectivity index (χ2v) is 6.39. The van der Waals surface area contributed by atoms with E-state index in [1.165, 1.54) is 11.5 Å². The molecule has 0 spiro atoms. The van der Waals surface area contributed by atoms with Crippen LogP contribution in [0.4, 0.5) is 0 Å². The summed E-state index contributed by atoms with van der Waals surface area (Å²) in [6, 6.07) is -0.0748.